The van der Waals surface area contributed by atoms with Crippen LogP contribution in [0.2, 0.25) is 0 Å². The maximum absolute atomic E-state index is 14.5. The molecule has 8 nitrogen and oxygen atoms in total. The van der Waals surface area contributed by atoms with Crippen molar-refractivity contribution >= 4 is 27.4 Å². The van der Waals surface area contributed by atoms with Crippen molar-refractivity contribution in [3.8, 4) is 0 Å². The molecular formula is C22H28FN5O3S. The Morgan fingerprint density at radius 1 is 1.06 bits per heavy atom. The summed E-state index contributed by atoms with van der Waals surface area (Å²) in [5, 5.41) is 3.07. The van der Waals surface area contributed by atoms with Crippen LogP contribution in [0, 0.1) is 5.82 Å². The molecule has 1 aliphatic heterocycles. The minimum absolute atomic E-state index is 0.0332. The number of carbonyl (C=O) groups is 1. The number of halogens is 1. The van der Waals surface area contributed by atoms with E-state index in [0.29, 0.717) is 43.5 Å². The highest BCUT2D eigenvalue weighted by Gasteiger charge is 2.23. The normalized spacial score (nSPS) is 17.9. The molecule has 0 bridgehead atoms. The number of benzene rings is 1. The van der Waals surface area contributed by atoms with Crippen molar-refractivity contribution in [1.82, 2.24) is 15.3 Å². The lowest BCUT2D eigenvalue weighted by atomic mass is 9.95. The van der Waals surface area contributed by atoms with Crippen molar-refractivity contribution in [2.24, 2.45) is 0 Å². The zero-order valence-electron chi connectivity index (χ0n) is 18.1. The number of aromatic nitrogens is 2. The first-order valence-corrected chi connectivity index (χ1v) is 12.8. The molecule has 2 fully saturated rings. The van der Waals surface area contributed by atoms with Crippen LogP contribution in [-0.2, 0) is 9.84 Å². The molecule has 10 heteroatoms. The maximum Gasteiger partial charge on any atom is 0.270 e. The first-order chi connectivity index (χ1) is 15.3. The van der Waals surface area contributed by atoms with Gasteiger partial charge in [-0.2, -0.15) is 0 Å². The highest BCUT2D eigenvalue weighted by Crippen LogP contribution is 2.25. The van der Waals surface area contributed by atoms with Gasteiger partial charge < -0.3 is 15.1 Å². The number of amides is 1. The fourth-order valence-electron chi connectivity index (χ4n) is 4.26. The van der Waals surface area contributed by atoms with Crippen molar-refractivity contribution in [3.05, 3.63) is 42.0 Å². The largest absolute Gasteiger partial charge is 0.366 e. The fraction of sp³-hybridized carbons (Fsp3) is 0.500. The Balaban J connectivity index is 1.39. The van der Waals surface area contributed by atoms with E-state index in [1.165, 1.54) is 18.6 Å². The summed E-state index contributed by atoms with van der Waals surface area (Å²) < 4.78 is 37.8. The van der Waals surface area contributed by atoms with Gasteiger partial charge in [-0.1, -0.05) is 19.3 Å². The molecule has 32 heavy (non-hydrogen) atoms. The van der Waals surface area contributed by atoms with Gasteiger partial charge in [-0.25, -0.2) is 22.8 Å². The maximum atomic E-state index is 14.5. The van der Waals surface area contributed by atoms with Gasteiger partial charge in [0.15, 0.2) is 9.84 Å². The average Bonchev–Trinajstić information content (AvgIpc) is 2.79. The van der Waals surface area contributed by atoms with Crippen LogP contribution in [0.15, 0.2) is 35.4 Å². The van der Waals surface area contributed by atoms with Gasteiger partial charge in [0.2, 0.25) is 5.95 Å². The number of sulfone groups is 1. The van der Waals surface area contributed by atoms with Crippen LogP contribution in [0.4, 0.5) is 16.0 Å². The molecule has 1 aliphatic carbocycles. The molecule has 1 N–H and O–H groups in total. The van der Waals surface area contributed by atoms with E-state index in [-0.39, 0.29) is 16.8 Å². The van der Waals surface area contributed by atoms with Gasteiger partial charge in [-0.15, -0.1) is 0 Å². The second kappa shape index (κ2) is 9.40. The SMILES string of the molecule is CS(=O)(=O)c1ccc(N2CCN(c3nccc(C(=O)NC4CCCCC4)n3)CC2)c(F)c1. The molecule has 0 atom stereocenters. The molecule has 0 spiro atoms. The lowest BCUT2D eigenvalue weighted by Gasteiger charge is -2.36. The lowest BCUT2D eigenvalue weighted by molar-refractivity contribution is 0.0922. The van der Waals surface area contributed by atoms with Gasteiger partial charge in [-0.05, 0) is 37.1 Å². The highest BCUT2D eigenvalue weighted by molar-refractivity contribution is 7.90. The first-order valence-electron chi connectivity index (χ1n) is 10.9. The quantitative estimate of drug-likeness (QED) is 0.731. The van der Waals surface area contributed by atoms with E-state index in [0.717, 1.165) is 38.0 Å². The standard InChI is InChI=1S/C22H28FN5O3S/c1-32(30,31)17-7-8-20(18(23)15-17)27-11-13-28(14-12-27)22-24-10-9-19(26-22)21(29)25-16-5-3-2-4-6-16/h7-10,15-16H,2-6,11-14H2,1H3,(H,25,29). The van der Waals surface area contributed by atoms with Crippen LogP contribution in [0.25, 0.3) is 0 Å². The number of hydrogen-bond acceptors (Lipinski definition) is 7. The Labute approximate surface area is 187 Å². The summed E-state index contributed by atoms with van der Waals surface area (Å²) in [5.74, 6) is -0.250. The summed E-state index contributed by atoms with van der Waals surface area (Å²) in [6.07, 6.45) is 8.17. The number of carbonyl (C=O) groups excluding carboxylic acids is 1. The van der Waals surface area contributed by atoms with Crippen LogP contribution in [0.5, 0.6) is 0 Å². The van der Waals surface area contributed by atoms with E-state index in [9.17, 15) is 17.6 Å². The van der Waals surface area contributed by atoms with Crippen molar-refractivity contribution in [2.45, 2.75) is 43.0 Å². The molecule has 2 heterocycles. The van der Waals surface area contributed by atoms with Crippen molar-refractivity contribution in [3.63, 3.8) is 0 Å². The number of nitrogens with zero attached hydrogens (tertiary/aromatic N) is 4. The molecule has 172 valence electrons. The Hall–Kier alpha value is -2.75. The van der Waals surface area contributed by atoms with Gasteiger partial charge in [0, 0.05) is 44.7 Å². The van der Waals surface area contributed by atoms with Gasteiger partial charge in [0.25, 0.3) is 5.91 Å². The molecule has 1 saturated heterocycles. The fourth-order valence-corrected chi connectivity index (χ4v) is 4.89. The molecule has 2 aromatic rings. The van der Waals surface area contributed by atoms with Crippen LogP contribution in [0.1, 0.15) is 42.6 Å². The molecule has 4 rings (SSSR count). The van der Waals surface area contributed by atoms with Gasteiger partial charge in [0.05, 0.1) is 10.6 Å². The molecule has 0 unspecified atom stereocenters. The van der Waals surface area contributed by atoms with Crippen LogP contribution >= 0.6 is 0 Å². The number of anilines is 2. The molecule has 1 aromatic heterocycles. The van der Waals surface area contributed by atoms with E-state index in [1.54, 1.807) is 12.3 Å². The Morgan fingerprint density at radius 2 is 1.75 bits per heavy atom. The van der Waals surface area contributed by atoms with E-state index in [4.69, 9.17) is 0 Å². The summed E-state index contributed by atoms with van der Waals surface area (Å²) in [4.78, 5) is 25.2. The molecule has 2 aliphatic rings. The van der Waals surface area contributed by atoms with Crippen molar-refractivity contribution in [1.29, 1.82) is 0 Å². The number of nitrogens with one attached hydrogen (secondary N) is 1. The third-order valence-electron chi connectivity index (χ3n) is 6.07. The predicted molar refractivity (Wildman–Crippen MR) is 120 cm³/mol. The topological polar surface area (TPSA) is 95.5 Å². The molecule has 1 amide bonds. The predicted octanol–water partition coefficient (Wildman–Crippen LogP) is 2.41. The lowest BCUT2D eigenvalue weighted by Crippen LogP contribution is -2.47. The zero-order valence-corrected chi connectivity index (χ0v) is 18.9. The Kier molecular flexibility index (Phi) is 6.59. The van der Waals surface area contributed by atoms with E-state index < -0.39 is 15.7 Å². The van der Waals surface area contributed by atoms with Crippen LogP contribution < -0.4 is 15.1 Å². The second-order valence-corrected chi connectivity index (χ2v) is 10.4. The van der Waals surface area contributed by atoms with Gasteiger partial charge in [-0.3, -0.25) is 4.79 Å². The summed E-state index contributed by atoms with van der Waals surface area (Å²) in [6, 6.07) is 5.83. The summed E-state index contributed by atoms with van der Waals surface area (Å²) >= 11 is 0. The summed E-state index contributed by atoms with van der Waals surface area (Å²) in [5.41, 5.74) is 0.726. The third-order valence-corrected chi connectivity index (χ3v) is 7.18. The van der Waals surface area contributed by atoms with Crippen molar-refractivity contribution < 1.29 is 17.6 Å². The van der Waals surface area contributed by atoms with E-state index in [2.05, 4.69) is 15.3 Å². The second-order valence-electron chi connectivity index (χ2n) is 8.41. The minimum atomic E-state index is -3.45. The molecule has 1 saturated carbocycles. The van der Waals surface area contributed by atoms with Gasteiger partial charge in [0.1, 0.15) is 11.5 Å². The van der Waals surface area contributed by atoms with Crippen LogP contribution in [0.3, 0.4) is 0 Å². The van der Waals surface area contributed by atoms with E-state index >= 15 is 0 Å². The number of piperazine rings is 1. The van der Waals surface area contributed by atoms with Crippen molar-refractivity contribution in [2.75, 3.05) is 42.2 Å². The van der Waals surface area contributed by atoms with E-state index in [1.807, 2.05) is 9.80 Å². The summed E-state index contributed by atoms with van der Waals surface area (Å²) in [7, 11) is -3.45. The molecule has 0 radical (unpaired) electrons. The Bertz CT molecular complexity index is 1080. The number of hydrogen-bond donors (Lipinski definition) is 1. The molecule has 1 aromatic carbocycles. The van der Waals surface area contributed by atoms with Crippen LogP contribution in [-0.4, -0.2) is 62.8 Å². The minimum Gasteiger partial charge on any atom is -0.366 e. The van der Waals surface area contributed by atoms with Gasteiger partial charge >= 0.3 is 0 Å². The Morgan fingerprint density at radius 3 is 2.41 bits per heavy atom. The first kappa shape index (κ1) is 22.4. The smallest absolute Gasteiger partial charge is 0.270 e. The highest BCUT2D eigenvalue weighted by atomic mass is 32.2. The average molecular weight is 462 g/mol. The zero-order chi connectivity index (χ0) is 22.7. The summed E-state index contributed by atoms with van der Waals surface area (Å²) in [6.45, 7) is 2.16. The number of rotatable bonds is 5. The monoisotopic (exact) mass is 461 g/mol. The molecular weight excluding hydrogens is 433 g/mol. The third kappa shape index (κ3) is 5.17.